The van der Waals surface area contributed by atoms with Gasteiger partial charge in [-0.05, 0) is 54.8 Å². The van der Waals surface area contributed by atoms with Gasteiger partial charge in [-0.3, -0.25) is 0 Å². The number of phenols is 1. The minimum absolute atomic E-state index is 0.101. The molecule has 0 fully saturated rings. The van der Waals surface area contributed by atoms with Crippen molar-refractivity contribution >= 4 is 39.7 Å². The molecule has 0 saturated carbocycles. The number of aryl methyl sites for hydroxylation is 1. The zero-order valence-corrected chi connectivity index (χ0v) is 14.2. The maximum atomic E-state index is 9.58. The van der Waals surface area contributed by atoms with Gasteiger partial charge in [0.15, 0.2) is 0 Å². The summed E-state index contributed by atoms with van der Waals surface area (Å²) in [5, 5.41) is 9.94. The smallest absolute Gasteiger partial charge is 0.134 e. The Morgan fingerprint density at radius 2 is 1.95 bits per heavy atom. The highest BCUT2D eigenvalue weighted by Gasteiger charge is 1.98. The summed E-state index contributed by atoms with van der Waals surface area (Å²) in [6.07, 6.45) is 6.11. The molecule has 0 saturated heterocycles. The first-order valence-corrected chi connectivity index (χ1v) is 7.74. The normalized spacial score (nSPS) is 12.1. The Morgan fingerprint density at radius 1 is 1.19 bits per heavy atom. The van der Waals surface area contributed by atoms with Gasteiger partial charge in [-0.1, -0.05) is 63.5 Å². The maximum Gasteiger partial charge on any atom is 0.134 e. The van der Waals surface area contributed by atoms with Crippen molar-refractivity contribution in [1.29, 1.82) is 0 Å². The lowest BCUT2D eigenvalue weighted by Gasteiger charge is -2.02. The third kappa shape index (κ3) is 4.48. The number of rotatable bonds is 3. The molecule has 0 radical (unpaired) electrons. The number of benzene rings is 2. The molecule has 0 unspecified atom stereocenters. The molecule has 0 aliphatic rings. The Hall–Kier alpha value is -1.51. The largest absolute Gasteiger partial charge is 0.506 e. The maximum absolute atomic E-state index is 9.58. The Labute approximate surface area is 138 Å². The number of hydrogen-bond acceptors (Lipinski definition) is 1. The Bertz CT molecular complexity index is 717. The molecular weight excluding hydrogens is 348 g/mol. The minimum Gasteiger partial charge on any atom is -0.506 e. The summed E-state index contributed by atoms with van der Waals surface area (Å²) in [5.41, 5.74) is 4.47. The zero-order chi connectivity index (χ0) is 15.4. The fourth-order valence-corrected chi connectivity index (χ4v) is 2.55. The van der Waals surface area contributed by atoms with E-state index in [9.17, 15) is 5.11 Å². The van der Waals surface area contributed by atoms with Crippen molar-refractivity contribution in [3.63, 3.8) is 0 Å². The summed E-state index contributed by atoms with van der Waals surface area (Å²) < 4.78 is 1.09. The van der Waals surface area contributed by atoms with Crippen LogP contribution in [0.4, 0.5) is 0 Å². The average molecular weight is 364 g/mol. The molecule has 21 heavy (non-hydrogen) atoms. The van der Waals surface area contributed by atoms with E-state index in [1.807, 2.05) is 31.2 Å². The van der Waals surface area contributed by atoms with Crippen molar-refractivity contribution < 1.29 is 5.11 Å². The second-order valence-corrected chi connectivity index (χ2v) is 6.26. The van der Waals surface area contributed by atoms with E-state index in [0.717, 1.165) is 15.6 Å². The van der Waals surface area contributed by atoms with Gasteiger partial charge < -0.3 is 5.11 Å². The first-order chi connectivity index (χ1) is 9.95. The molecular formula is C18H16BrClO. The van der Waals surface area contributed by atoms with E-state index in [2.05, 4.69) is 41.1 Å². The van der Waals surface area contributed by atoms with Crippen molar-refractivity contribution in [2.45, 2.75) is 13.8 Å². The summed E-state index contributed by atoms with van der Waals surface area (Å²) in [6, 6.07) is 11.4. The molecule has 0 atom stereocenters. The number of halogens is 2. The topological polar surface area (TPSA) is 20.2 Å². The van der Waals surface area contributed by atoms with Crippen LogP contribution in [0.1, 0.15) is 23.6 Å². The monoisotopic (exact) mass is 362 g/mol. The highest BCUT2D eigenvalue weighted by Crippen LogP contribution is 2.24. The molecule has 0 amide bonds. The number of hydrogen-bond donors (Lipinski definition) is 1. The van der Waals surface area contributed by atoms with E-state index >= 15 is 0 Å². The summed E-state index contributed by atoms with van der Waals surface area (Å²) in [7, 11) is 0. The lowest BCUT2D eigenvalue weighted by atomic mass is 10.1. The van der Waals surface area contributed by atoms with E-state index < -0.39 is 0 Å². The van der Waals surface area contributed by atoms with Gasteiger partial charge >= 0.3 is 0 Å². The zero-order valence-electron chi connectivity index (χ0n) is 11.9. The van der Waals surface area contributed by atoms with Crippen LogP contribution in [0.25, 0.3) is 12.2 Å². The Kier molecular flexibility index (Phi) is 5.27. The molecule has 108 valence electrons. The van der Waals surface area contributed by atoms with Crippen LogP contribution in [0, 0.1) is 6.92 Å². The van der Waals surface area contributed by atoms with E-state index in [0.29, 0.717) is 5.02 Å². The lowest BCUT2D eigenvalue weighted by molar-refractivity contribution is 0.475. The number of aromatic hydroxyl groups is 1. The van der Waals surface area contributed by atoms with Crippen molar-refractivity contribution in [3.05, 3.63) is 74.2 Å². The van der Waals surface area contributed by atoms with E-state index in [1.165, 1.54) is 11.1 Å². The molecule has 2 aromatic rings. The van der Waals surface area contributed by atoms with E-state index in [1.54, 1.807) is 12.1 Å². The third-order valence-electron chi connectivity index (χ3n) is 3.12. The summed E-state index contributed by atoms with van der Waals surface area (Å²) in [5.74, 6) is 0.101. The second-order valence-electron chi connectivity index (χ2n) is 4.93. The van der Waals surface area contributed by atoms with Crippen LogP contribution in [-0.2, 0) is 0 Å². The van der Waals surface area contributed by atoms with Gasteiger partial charge in [-0.25, -0.2) is 0 Å². The van der Waals surface area contributed by atoms with Gasteiger partial charge in [0.25, 0.3) is 0 Å². The van der Waals surface area contributed by atoms with E-state index in [4.69, 9.17) is 11.6 Å². The van der Waals surface area contributed by atoms with Crippen molar-refractivity contribution in [3.8, 4) is 5.75 Å². The Balaban J connectivity index is 2.19. The highest BCUT2D eigenvalue weighted by molar-refractivity contribution is 9.10. The Morgan fingerprint density at radius 3 is 2.62 bits per heavy atom. The molecule has 0 aromatic heterocycles. The van der Waals surface area contributed by atoms with Crippen LogP contribution in [0.15, 0.2) is 52.5 Å². The van der Waals surface area contributed by atoms with Gasteiger partial charge in [0.05, 0.1) is 5.02 Å². The molecule has 0 bridgehead atoms. The van der Waals surface area contributed by atoms with Crippen LogP contribution in [0.3, 0.4) is 0 Å². The summed E-state index contributed by atoms with van der Waals surface area (Å²) >= 11 is 9.26. The van der Waals surface area contributed by atoms with Crippen LogP contribution < -0.4 is 0 Å². The van der Waals surface area contributed by atoms with Crippen LogP contribution in [0.2, 0.25) is 5.02 Å². The summed E-state index contributed by atoms with van der Waals surface area (Å²) in [4.78, 5) is 0. The summed E-state index contributed by atoms with van der Waals surface area (Å²) in [6.45, 7) is 4.14. The standard InChI is InChI=1S/C18H16BrClO/c1-12(9-15-6-7-16(19)10-13(15)2)3-4-14-5-8-17(20)18(21)11-14/h3-11,21H,1-2H3/b4-3+,12-9+. The SMILES string of the molecule is CC(/C=C/c1ccc(Cl)c(O)c1)=C\c1ccc(Br)cc1C. The third-order valence-corrected chi connectivity index (χ3v) is 3.94. The van der Waals surface area contributed by atoms with Gasteiger partial charge in [0, 0.05) is 4.47 Å². The molecule has 0 spiro atoms. The van der Waals surface area contributed by atoms with Crippen LogP contribution in [-0.4, -0.2) is 5.11 Å². The first-order valence-electron chi connectivity index (χ1n) is 6.57. The molecule has 2 rings (SSSR count). The second kappa shape index (κ2) is 6.97. The molecule has 0 heterocycles. The minimum atomic E-state index is 0.101. The average Bonchev–Trinajstić information content (AvgIpc) is 2.43. The molecule has 0 aliphatic carbocycles. The van der Waals surface area contributed by atoms with Crippen molar-refractivity contribution in [2.24, 2.45) is 0 Å². The van der Waals surface area contributed by atoms with Crippen molar-refractivity contribution in [2.75, 3.05) is 0 Å². The lowest BCUT2D eigenvalue weighted by Crippen LogP contribution is -1.81. The quantitative estimate of drug-likeness (QED) is 0.640. The molecule has 1 N–H and O–H groups in total. The fraction of sp³-hybridized carbons (Fsp3) is 0.111. The molecule has 1 nitrogen and oxygen atoms in total. The number of allylic oxidation sites excluding steroid dienone is 2. The van der Waals surface area contributed by atoms with Crippen LogP contribution in [0.5, 0.6) is 5.75 Å². The van der Waals surface area contributed by atoms with E-state index in [-0.39, 0.29) is 5.75 Å². The van der Waals surface area contributed by atoms with Gasteiger partial charge in [0.2, 0.25) is 0 Å². The molecule has 0 aliphatic heterocycles. The van der Waals surface area contributed by atoms with Gasteiger partial charge in [-0.15, -0.1) is 0 Å². The molecule has 3 heteroatoms. The molecule has 2 aromatic carbocycles. The van der Waals surface area contributed by atoms with Gasteiger partial charge in [0.1, 0.15) is 5.75 Å². The predicted molar refractivity (Wildman–Crippen MR) is 94.7 cm³/mol. The first kappa shape index (κ1) is 15.9. The highest BCUT2D eigenvalue weighted by atomic mass is 79.9. The van der Waals surface area contributed by atoms with Crippen molar-refractivity contribution in [1.82, 2.24) is 0 Å². The predicted octanol–water partition coefficient (Wildman–Crippen LogP) is 6.23. The van der Waals surface area contributed by atoms with Crippen LogP contribution >= 0.6 is 27.5 Å². The van der Waals surface area contributed by atoms with Gasteiger partial charge in [-0.2, -0.15) is 0 Å². The fourth-order valence-electron chi connectivity index (χ4n) is 1.96. The number of phenolic OH excluding ortho intramolecular Hbond substituents is 1.